The molecule has 1 aliphatic rings. The third-order valence-corrected chi connectivity index (χ3v) is 5.02. The zero-order chi connectivity index (χ0) is 17.1. The van der Waals surface area contributed by atoms with E-state index < -0.39 is 0 Å². The minimum absolute atomic E-state index is 0.0387. The Hall–Kier alpha value is -2.10. The van der Waals surface area contributed by atoms with E-state index in [4.69, 9.17) is 16.9 Å². The summed E-state index contributed by atoms with van der Waals surface area (Å²) in [6.45, 7) is 2.49. The summed E-state index contributed by atoms with van der Waals surface area (Å²) in [6.07, 6.45) is 1.24. The van der Waals surface area contributed by atoms with Crippen molar-refractivity contribution in [2.24, 2.45) is 0 Å². The summed E-state index contributed by atoms with van der Waals surface area (Å²) in [4.78, 5) is 22.8. The largest absolute Gasteiger partial charge is 0.292 e. The van der Waals surface area contributed by atoms with E-state index in [1.807, 2.05) is 12.1 Å². The van der Waals surface area contributed by atoms with Gasteiger partial charge in [-0.1, -0.05) is 42.4 Å². The molecule has 5 nitrogen and oxygen atoms in total. The molecule has 2 aromatic rings. The van der Waals surface area contributed by atoms with E-state index in [1.165, 1.54) is 11.8 Å². The Bertz CT molecular complexity index is 817. The normalized spacial score (nSPS) is 13.0. The molecule has 122 valence electrons. The first kappa shape index (κ1) is 16.7. The summed E-state index contributed by atoms with van der Waals surface area (Å²) in [5, 5.41) is 9.82. The molecule has 0 saturated heterocycles. The maximum absolute atomic E-state index is 12.4. The number of amides is 1. The van der Waals surface area contributed by atoms with Crippen LogP contribution in [0.4, 0.5) is 5.82 Å². The van der Waals surface area contributed by atoms with E-state index in [1.54, 1.807) is 17.0 Å². The molecule has 0 saturated carbocycles. The number of hydrogen-bond acceptors (Lipinski definition) is 5. The fourth-order valence-corrected chi connectivity index (χ4v) is 3.43. The van der Waals surface area contributed by atoms with Gasteiger partial charge in [0.1, 0.15) is 11.0 Å². The molecule has 0 fully saturated rings. The van der Waals surface area contributed by atoms with Crippen LogP contribution in [-0.4, -0.2) is 21.6 Å². The molecule has 1 aromatic carbocycles. The van der Waals surface area contributed by atoms with Crippen LogP contribution in [0, 0.1) is 11.3 Å². The van der Waals surface area contributed by atoms with Crippen molar-refractivity contribution in [3.63, 3.8) is 0 Å². The molecule has 0 aliphatic carbocycles. The molecule has 1 aromatic heterocycles. The number of halogens is 1. The summed E-state index contributed by atoms with van der Waals surface area (Å²) in [6, 6.07) is 9.26. The van der Waals surface area contributed by atoms with Gasteiger partial charge in [0.05, 0.1) is 24.6 Å². The molecule has 0 bridgehead atoms. The third kappa shape index (κ3) is 3.37. The Morgan fingerprint density at radius 3 is 2.75 bits per heavy atom. The zero-order valence-corrected chi connectivity index (χ0v) is 14.7. The van der Waals surface area contributed by atoms with Gasteiger partial charge in [0.25, 0.3) is 0 Å². The SMILES string of the molecule is CCCSc1nc(Cl)c2c(n1)N(Cc1ccc(C#N)cc1)C(=O)C2. The molecule has 2 heterocycles. The second-order valence-electron chi connectivity index (χ2n) is 5.41. The average Bonchev–Trinajstić information content (AvgIpc) is 2.90. The molecule has 0 unspecified atom stereocenters. The number of fused-ring (bicyclic) bond motifs is 1. The number of aromatic nitrogens is 2. The van der Waals surface area contributed by atoms with Crippen molar-refractivity contribution < 1.29 is 4.79 Å². The van der Waals surface area contributed by atoms with Crippen molar-refractivity contribution in [3.8, 4) is 6.07 Å². The van der Waals surface area contributed by atoms with E-state index in [-0.39, 0.29) is 12.3 Å². The summed E-state index contributed by atoms with van der Waals surface area (Å²) in [7, 11) is 0. The maximum Gasteiger partial charge on any atom is 0.233 e. The minimum Gasteiger partial charge on any atom is -0.292 e. The Kier molecular flexibility index (Phi) is 5.03. The lowest BCUT2D eigenvalue weighted by Crippen LogP contribution is -2.26. The van der Waals surface area contributed by atoms with Crippen molar-refractivity contribution in [2.45, 2.75) is 31.5 Å². The second-order valence-corrected chi connectivity index (χ2v) is 6.83. The first-order chi connectivity index (χ1) is 11.6. The van der Waals surface area contributed by atoms with Gasteiger partial charge >= 0.3 is 0 Å². The van der Waals surface area contributed by atoms with E-state index in [2.05, 4.69) is 23.0 Å². The fraction of sp³-hybridized carbons (Fsp3) is 0.294. The topological polar surface area (TPSA) is 69.9 Å². The molecule has 0 radical (unpaired) electrons. The fourth-order valence-electron chi connectivity index (χ4n) is 2.46. The highest BCUT2D eigenvalue weighted by Crippen LogP contribution is 2.34. The molecule has 1 amide bonds. The van der Waals surface area contributed by atoms with Gasteiger partial charge in [-0.15, -0.1) is 0 Å². The van der Waals surface area contributed by atoms with Crippen molar-refractivity contribution in [1.82, 2.24) is 9.97 Å². The van der Waals surface area contributed by atoms with Gasteiger partial charge in [0.2, 0.25) is 5.91 Å². The van der Waals surface area contributed by atoms with Crippen LogP contribution in [0.3, 0.4) is 0 Å². The van der Waals surface area contributed by atoms with Gasteiger partial charge in [-0.25, -0.2) is 9.97 Å². The number of nitrogens with zero attached hydrogens (tertiary/aromatic N) is 4. The number of benzene rings is 1. The second kappa shape index (κ2) is 7.20. The molecule has 0 N–H and O–H groups in total. The van der Waals surface area contributed by atoms with Crippen molar-refractivity contribution in [3.05, 3.63) is 46.1 Å². The van der Waals surface area contributed by atoms with Crippen molar-refractivity contribution >= 4 is 35.1 Å². The van der Waals surface area contributed by atoms with Crippen LogP contribution in [-0.2, 0) is 17.8 Å². The van der Waals surface area contributed by atoms with Gasteiger partial charge in [-0.3, -0.25) is 9.69 Å². The summed E-state index contributed by atoms with van der Waals surface area (Å²) < 4.78 is 0. The molecule has 7 heteroatoms. The number of rotatable bonds is 5. The molecular weight excluding hydrogens is 344 g/mol. The van der Waals surface area contributed by atoms with Gasteiger partial charge in [0, 0.05) is 11.3 Å². The van der Waals surface area contributed by atoms with Crippen molar-refractivity contribution in [2.75, 3.05) is 10.7 Å². The van der Waals surface area contributed by atoms with Crippen LogP contribution in [0.1, 0.15) is 30.0 Å². The highest BCUT2D eigenvalue weighted by Gasteiger charge is 2.32. The number of carbonyl (C=O) groups is 1. The maximum atomic E-state index is 12.4. The minimum atomic E-state index is -0.0387. The summed E-state index contributed by atoms with van der Waals surface area (Å²) in [5.74, 6) is 1.46. The highest BCUT2D eigenvalue weighted by molar-refractivity contribution is 7.99. The number of hydrogen-bond donors (Lipinski definition) is 0. The lowest BCUT2D eigenvalue weighted by atomic mass is 10.1. The Labute approximate surface area is 149 Å². The van der Waals surface area contributed by atoms with Crippen LogP contribution in [0.25, 0.3) is 0 Å². The molecular formula is C17H15ClN4OS. The summed E-state index contributed by atoms with van der Waals surface area (Å²) >= 11 is 7.78. The number of carbonyl (C=O) groups excluding carboxylic acids is 1. The average molecular weight is 359 g/mol. The zero-order valence-electron chi connectivity index (χ0n) is 13.1. The molecule has 0 spiro atoms. The lowest BCUT2D eigenvalue weighted by Gasteiger charge is -2.17. The predicted octanol–water partition coefficient (Wildman–Crippen LogP) is 3.59. The standard InChI is InChI=1S/C17H15ClN4OS/c1-2-7-24-17-20-15(18)13-8-14(23)22(16(13)21-17)10-12-5-3-11(9-19)4-6-12/h3-6H,2,7-8,10H2,1H3. The van der Waals surface area contributed by atoms with Crippen LogP contribution in [0.15, 0.2) is 29.4 Å². The first-order valence-electron chi connectivity index (χ1n) is 7.61. The Morgan fingerprint density at radius 2 is 2.08 bits per heavy atom. The number of thioether (sulfide) groups is 1. The van der Waals surface area contributed by atoms with E-state index in [9.17, 15) is 4.79 Å². The van der Waals surface area contributed by atoms with Crippen molar-refractivity contribution in [1.29, 1.82) is 5.26 Å². The van der Waals surface area contributed by atoms with Gasteiger partial charge < -0.3 is 0 Å². The third-order valence-electron chi connectivity index (χ3n) is 3.66. The molecule has 3 rings (SSSR count). The van der Waals surface area contributed by atoms with Gasteiger partial charge in [0.15, 0.2) is 5.16 Å². The van der Waals surface area contributed by atoms with E-state index in [0.717, 1.165) is 17.7 Å². The Morgan fingerprint density at radius 1 is 1.33 bits per heavy atom. The number of anilines is 1. The van der Waals surface area contributed by atoms with E-state index in [0.29, 0.717) is 33.8 Å². The smallest absolute Gasteiger partial charge is 0.233 e. The molecule has 24 heavy (non-hydrogen) atoms. The van der Waals surface area contributed by atoms with Gasteiger partial charge in [-0.2, -0.15) is 5.26 Å². The van der Waals surface area contributed by atoms with Gasteiger partial charge in [-0.05, 0) is 24.1 Å². The van der Waals surface area contributed by atoms with Crippen LogP contribution < -0.4 is 4.90 Å². The lowest BCUT2D eigenvalue weighted by molar-refractivity contribution is -0.117. The monoisotopic (exact) mass is 358 g/mol. The quantitative estimate of drug-likeness (QED) is 0.464. The Balaban J connectivity index is 1.89. The van der Waals surface area contributed by atoms with E-state index >= 15 is 0 Å². The number of nitriles is 1. The first-order valence-corrected chi connectivity index (χ1v) is 8.97. The molecule has 0 atom stereocenters. The molecule has 1 aliphatic heterocycles. The van der Waals surface area contributed by atoms with Crippen LogP contribution in [0.5, 0.6) is 0 Å². The highest BCUT2D eigenvalue weighted by atomic mass is 35.5. The van der Waals surface area contributed by atoms with Crippen LogP contribution >= 0.6 is 23.4 Å². The predicted molar refractivity (Wildman–Crippen MR) is 94.1 cm³/mol. The van der Waals surface area contributed by atoms with Crippen LogP contribution in [0.2, 0.25) is 5.15 Å². The summed E-state index contributed by atoms with van der Waals surface area (Å²) in [5.41, 5.74) is 2.22.